The summed E-state index contributed by atoms with van der Waals surface area (Å²) in [5.74, 6) is -0.790. The van der Waals surface area contributed by atoms with E-state index in [1.54, 1.807) is 12.3 Å². The first-order valence-electron chi connectivity index (χ1n) is 7.80. The molecule has 0 bridgehead atoms. The third kappa shape index (κ3) is 3.90. The molecule has 0 saturated carbocycles. The zero-order chi connectivity index (χ0) is 18.0. The number of halogens is 1. The summed E-state index contributed by atoms with van der Waals surface area (Å²) in [6, 6.07) is 6.42. The van der Waals surface area contributed by atoms with Crippen molar-refractivity contribution < 1.29 is 14.0 Å². The molecule has 1 aliphatic rings. The van der Waals surface area contributed by atoms with Gasteiger partial charge in [-0.1, -0.05) is 19.1 Å². The number of nitrogens with one attached hydrogen (secondary N) is 1. The van der Waals surface area contributed by atoms with E-state index in [9.17, 15) is 14.0 Å². The third-order valence-electron chi connectivity index (χ3n) is 3.99. The van der Waals surface area contributed by atoms with E-state index in [0.29, 0.717) is 17.3 Å². The molecule has 1 aromatic heterocycles. The number of rotatable bonds is 4. The largest absolute Gasteiger partial charge is 0.297 e. The SMILES string of the molecule is CC(c1cccc(F)c1)c1cnc(NC(=O)C2=NN(C)C(=O)CC2)s1. The van der Waals surface area contributed by atoms with Crippen molar-refractivity contribution in [1.82, 2.24) is 9.99 Å². The number of amides is 2. The molecule has 130 valence electrons. The predicted octanol–water partition coefficient (Wildman–Crippen LogP) is 2.98. The smallest absolute Gasteiger partial charge is 0.273 e. The molecule has 0 saturated heterocycles. The maximum Gasteiger partial charge on any atom is 0.273 e. The highest BCUT2D eigenvalue weighted by molar-refractivity contribution is 7.15. The monoisotopic (exact) mass is 360 g/mol. The van der Waals surface area contributed by atoms with Crippen LogP contribution in [0.3, 0.4) is 0 Å². The average molecular weight is 360 g/mol. The lowest BCUT2D eigenvalue weighted by Crippen LogP contribution is -2.34. The minimum Gasteiger partial charge on any atom is -0.297 e. The minimum atomic E-state index is -0.362. The Morgan fingerprint density at radius 2 is 2.20 bits per heavy atom. The van der Waals surface area contributed by atoms with E-state index in [1.165, 1.54) is 35.5 Å². The lowest BCUT2D eigenvalue weighted by Gasteiger charge is -2.18. The van der Waals surface area contributed by atoms with Gasteiger partial charge in [-0.3, -0.25) is 14.9 Å². The number of nitrogens with zero attached hydrogens (tertiary/aromatic N) is 3. The van der Waals surface area contributed by atoms with Crippen LogP contribution in [0.1, 0.15) is 36.1 Å². The Balaban J connectivity index is 1.70. The van der Waals surface area contributed by atoms with Crippen LogP contribution in [-0.4, -0.2) is 34.6 Å². The van der Waals surface area contributed by atoms with Gasteiger partial charge < -0.3 is 0 Å². The first-order valence-corrected chi connectivity index (χ1v) is 8.62. The van der Waals surface area contributed by atoms with Crippen LogP contribution >= 0.6 is 11.3 Å². The molecule has 1 atom stereocenters. The zero-order valence-electron chi connectivity index (χ0n) is 13.8. The van der Waals surface area contributed by atoms with Crippen molar-refractivity contribution in [2.24, 2.45) is 5.10 Å². The first-order chi connectivity index (χ1) is 11.9. The van der Waals surface area contributed by atoms with Crippen LogP contribution in [0.2, 0.25) is 0 Å². The normalized spacial score (nSPS) is 15.7. The number of aromatic nitrogens is 1. The van der Waals surface area contributed by atoms with Crippen LogP contribution in [0, 0.1) is 5.82 Å². The molecule has 1 unspecified atom stereocenters. The first kappa shape index (κ1) is 17.2. The topological polar surface area (TPSA) is 74.7 Å². The standard InChI is InChI=1S/C17H17FN4O2S/c1-10(11-4-3-5-12(18)8-11)14-9-19-17(25-14)20-16(24)13-6-7-15(23)22(2)21-13/h3-5,8-10H,6-7H2,1-2H3,(H,19,20,24). The van der Waals surface area contributed by atoms with E-state index in [1.807, 2.05) is 13.0 Å². The predicted molar refractivity (Wildman–Crippen MR) is 94.1 cm³/mol. The van der Waals surface area contributed by atoms with Crippen molar-refractivity contribution in [3.63, 3.8) is 0 Å². The van der Waals surface area contributed by atoms with E-state index < -0.39 is 0 Å². The van der Waals surface area contributed by atoms with Crippen molar-refractivity contribution in [3.8, 4) is 0 Å². The molecule has 6 nitrogen and oxygen atoms in total. The van der Waals surface area contributed by atoms with Crippen molar-refractivity contribution in [1.29, 1.82) is 0 Å². The van der Waals surface area contributed by atoms with Crippen molar-refractivity contribution in [2.75, 3.05) is 12.4 Å². The fraction of sp³-hybridized carbons (Fsp3) is 0.294. The zero-order valence-corrected chi connectivity index (χ0v) is 14.6. The molecule has 1 N–H and O–H groups in total. The van der Waals surface area contributed by atoms with Gasteiger partial charge in [-0.2, -0.15) is 5.10 Å². The maximum absolute atomic E-state index is 13.4. The highest BCUT2D eigenvalue weighted by atomic mass is 32.1. The van der Waals surface area contributed by atoms with Gasteiger partial charge in [-0.15, -0.1) is 11.3 Å². The van der Waals surface area contributed by atoms with Crippen molar-refractivity contribution in [2.45, 2.75) is 25.7 Å². The lowest BCUT2D eigenvalue weighted by molar-refractivity contribution is -0.130. The molecule has 2 aromatic rings. The van der Waals surface area contributed by atoms with Crippen LogP contribution in [-0.2, 0) is 9.59 Å². The molecule has 2 heterocycles. The van der Waals surface area contributed by atoms with Crippen LogP contribution in [0.15, 0.2) is 35.6 Å². The molecule has 1 aromatic carbocycles. The number of hydrogen-bond donors (Lipinski definition) is 1. The number of hydrazone groups is 1. The maximum atomic E-state index is 13.4. The van der Waals surface area contributed by atoms with Gasteiger partial charge in [0.15, 0.2) is 5.13 Å². The van der Waals surface area contributed by atoms with E-state index in [2.05, 4.69) is 15.4 Å². The Labute approximate surface area is 148 Å². The van der Waals surface area contributed by atoms with Crippen LogP contribution in [0.5, 0.6) is 0 Å². The number of benzene rings is 1. The van der Waals surface area contributed by atoms with Gasteiger partial charge in [0.05, 0.1) is 0 Å². The van der Waals surface area contributed by atoms with Crippen molar-refractivity contribution >= 4 is 34.0 Å². The summed E-state index contributed by atoms with van der Waals surface area (Å²) in [5, 5.41) is 8.32. The Bertz CT molecular complexity index is 849. The Morgan fingerprint density at radius 1 is 1.40 bits per heavy atom. The van der Waals surface area contributed by atoms with Crippen LogP contribution < -0.4 is 5.32 Å². The second-order valence-corrected chi connectivity index (χ2v) is 6.82. The lowest BCUT2D eigenvalue weighted by atomic mass is 10.0. The summed E-state index contributed by atoms with van der Waals surface area (Å²) in [4.78, 5) is 28.8. The highest BCUT2D eigenvalue weighted by Crippen LogP contribution is 2.31. The molecule has 2 amide bonds. The highest BCUT2D eigenvalue weighted by Gasteiger charge is 2.23. The second-order valence-electron chi connectivity index (χ2n) is 5.76. The third-order valence-corrected chi connectivity index (χ3v) is 5.08. The van der Waals surface area contributed by atoms with E-state index >= 15 is 0 Å². The Morgan fingerprint density at radius 3 is 2.92 bits per heavy atom. The molecule has 0 fully saturated rings. The van der Waals surface area contributed by atoms with E-state index in [-0.39, 0.29) is 30.0 Å². The molecular weight excluding hydrogens is 343 g/mol. The van der Waals surface area contributed by atoms with Crippen molar-refractivity contribution in [3.05, 3.63) is 46.7 Å². The fourth-order valence-electron chi connectivity index (χ4n) is 2.49. The molecule has 8 heteroatoms. The van der Waals surface area contributed by atoms with Gasteiger partial charge in [0, 0.05) is 36.9 Å². The van der Waals surface area contributed by atoms with Gasteiger partial charge in [-0.05, 0) is 17.7 Å². The molecule has 25 heavy (non-hydrogen) atoms. The van der Waals surface area contributed by atoms with E-state index in [4.69, 9.17) is 0 Å². The number of thiazole rings is 1. The Kier molecular flexibility index (Phi) is 4.89. The molecule has 0 spiro atoms. The number of hydrogen-bond acceptors (Lipinski definition) is 5. The van der Waals surface area contributed by atoms with Crippen LogP contribution in [0.4, 0.5) is 9.52 Å². The Hall–Kier alpha value is -2.61. The summed E-state index contributed by atoms with van der Waals surface area (Å²) in [5.41, 5.74) is 1.15. The minimum absolute atomic E-state index is 0.0328. The molecule has 0 radical (unpaired) electrons. The summed E-state index contributed by atoms with van der Waals surface area (Å²) in [6.45, 7) is 1.96. The van der Waals surface area contributed by atoms with Gasteiger partial charge in [0.1, 0.15) is 11.5 Å². The molecular formula is C17H17FN4O2S. The van der Waals surface area contributed by atoms with E-state index in [0.717, 1.165) is 10.4 Å². The number of anilines is 1. The summed E-state index contributed by atoms with van der Waals surface area (Å²) in [6.07, 6.45) is 2.25. The quantitative estimate of drug-likeness (QED) is 0.911. The fourth-order valence-corrected chi connectivity index (χ4v) is 3.38. The van der Waals surface area contributed by atoms with Gasteiger partial charge >= 0.3 is 0 Å². The number of carbonyl (C=O) groups is 2. The average Bonchev–Trinajstić information content (AvgIpc) is 3.05. The van der Waals surface area contributed by atoms with Crippen LogP contribution in [0.25, 0.3) is 0 Å². The van der Waals surface area contributed by atoms with Gasteiger partial charge in [0.25, 0.3) is 5.91 Å². The van der Waals surface area contributed by atoms with Gasteiger partial charge in [-0.25, -0.2) is 14.4 Å². The number of carbonyl (C=O) groups excluding carboxylic acids is 2. The molecule has 0 aliphatic carbocycles. The second kappa shape index (κ2) is 7.10. The molecule has 1 aliphatic heterocycles. The summed E-state index contributed by atoms with van der Waals surface area (Å²) in [7, 11) is 1.52. The summed E-state index contributed by atoms with van der Waals surface area (Å²) < 4.78 is 13.4. The van der Waals surface area contributed by atoms with Gasteiger partial charge in [0.2, 0.25) is 5.91 Å². The summed E-state index contributed by atoms with van der Waals surface area (Å²) >= 11 is 1.33. The molecule has 3 rings (SSSR count).